The molecule has 15 heavy (non-hydrogen) atoms. The van der Waals surface area contributed by atoms with E-state index < -0.39 is 0 Å². The van der Waals surface area contributed by atoms with Crippen molar-refractivity contribution in [2.24, 2.45) is 5.73 Å². The van der Waals surface area contributed by atoms with Gasteiger partial charge in [0.05, 0.1) is 12.8 Å². The van der Waals surface area contributed by atoms with Crippen LogP contribution in [0.3, 0.4) is 0 Å². The van der Waals surface area contributed by atoms with Gasteiger partial charge in [-0.15, -0.1) is 0 Å². The van der Waals surface area contributed by atoms with Crippen LogP contribution in [0.2, 0.25) is 0 Å². The van der Waals surface area contributed by atoms with E-state index in [0.29, 0.717) is 12.2 Å². The minimum Gasteiger partial charge on any atom is -0.494 e. The third kappa shape index (κ3) is 1.59. The summed E-state index contributed by atoms with van der Waals surface area (Å²) in [6.07, 6.45) is 4.14. The van der Waals surface area contributed by atoms with Gasteiger partial charge in [0, 0.05) is 12.1 Å². The predicted octanol–water partition coefficient (Wildman–Crippen LogP) is 1.57. The molecule has 1 aromatic rings. The highest BCUT2D eigenvalue weighted by atomic mass is 16.5. The van der Waals surface area contributed by atoms with E-state index in [1.54, 1.807) is 7.11 Å². The van der Waals surface area contributed by atoms with Crippen molar-refractivity contribution < 1.29 is 4.74 Å². The molecule has 80 valence electrons. The summed E-state index contributed by atoms with van der Waals surface area (Å²) in [4.78, 5) is 0. The molecule has 4 N–H and O–H groups in total. The molecule has 0 saturated heterocycles. The minimum atomic E-state index is 0.562. The first-order valence-electron chi connectivity index (χ1n) is 5.12. The first-order valence-corrected chi connectivity index (χ1v) is 5.12. The van der Waals surface area contributed by atoms with Crippen LogP contribution < -0.4 is 16.2 Å². The number of benzene rings is 1. The monoisotopic (exact) mass is 204 g/mol. The number of methoxy groups -OCH3 is 1. The Bertz CT molecular complexity index is 410. The van der Waals surface area contributed by atoms with E-state index in [1.807, 2.05) is 12.1 Å². The fourth-order valence-electron chi connectivity index (χ4n) is 2.16. The van der Waals surface area contributed by atoms with Crippen LogP contribution in [-0.4, -0.2) is 13.7 Å². The maximum absolute atomic E-state index is 5.88. The molecule has 0 heterocycles. The molecular weight excluding hydrogens is 188 g/mol. The third-order valence-corrected chi connectivity index (χ3v) is 2.83. The molecule has 0 atom stereocenters. The zero-order valence-electron chi connectivity index (χ0n) is 8.92. The number of anilines is 1. The van der Waals surface area contributed by atoms with Gasteiger partial charge in [-0.1, -0.05) is 12.1 Å². The summed E-state index contributed by atoms with van der Waals surface area (Å²) in [5.41, 5.74) is 15.8. The van der Waals surface area contributed by atoms with Crippen LogP contribution in [0, 0.1) is 0 Å². The molecule has 1 aliphatic carbocycles. The van der Waals surface area contributed by atoms with E-state index in [2.05, 4.69) is 6.07 Å². The molecule has 0 aromatic heterocycles. The molecule has 0 spiro atoms. The Morgan fingerprint density at radius 1 is 1.40 bits per heavy atom. The molecule has 0 fully saturated rings. The van der Waals surface area contributed by atoms with Crippen LogP contribution in [0.15, 0.2) is 18.2 Å². The third-order valence-electron chi connectivity index (χ3n) is 2.83. The van der Waals surface area contributed by atoms with Crippen molar-refractivity contribution in [1.29, 1.82) is 0 Å². The highest BCUT2D eigenvalue weighted by Crippen LogP contribution is 2.41. The highest BCUT2D eigenvalue weighted by molar-refractivity contribution is 5.81. The van der Waals surface area contributed by atoms with E-state index in [-0.39, 0.29) is 0 Å². The van der Waals surface area contributed by atoms with Gasteiger partial charge in [0.15, 0.2) is 0 Å². The maximum Gasteiger partial charge on any atom is 0.149 e. The average molecular weight is 204 g/mol. The lowest BCUT2D eigenvalue weighted by atomic mass is 10.0. The van der Waals surface area contributed by atoms with Crippen molar-refractivity contribution in [1.82, 2.24) is 0 Å². The molecular formula is C12H16N2O. The normalized spacial score (nSPS) is 16.8. The second-order valence-corrected chi connectivity index (χ2v) is 3.69. The Hall–Kier alpha value is -1.48. The molecule has 0 radical (unpaired) electrons. The van der Waals surface area contributed by atoms with Gasteiger partial charge >= 0.3 is 0 Å². The van der Waals surface area contributed by atoms with Gasteiger partial charge in [-0.25, -0.2) is 0 Å². The molecule has 3 heteroatoms. The van der Waals surface area contributed by atoms with Gasteiger partial charge in [0.25, 0.3) is 0 Å². The fraction of sp³-hybridized carbons (Fsp3) is 0.333. The average Bonchev–Trinajstić information content (AvgIpc) is 2.63. The van der Waals surface area contributed by atoms with Gasteiger partial charge in [0.2, 0.25) is 0 Å². The van der Waals surface area contributed by atoms with Gasteiger partial charge < -0.3 is 16.2 Å². The summed E-state index contributed by atoms with van der Waals surface area (Å²) in [6.45, 7) is 0.562. The van der Waals surface area contributed by atoms with Crippen LogP contribution in [0.5, 0.6) is 5.75 Å². The van der Waals surface area contributed by atoms with Gasteiger partial charge in [-0.05, 0) is 30.0 Å². The van der Waals surface area contributed by atoms with Gasteiger partial charge in [-0.2, -0.15) is 0 Å². The summed E-state index contributed by atoms with van der Waals surface area (Å²) in [6, 6.07) is 3.98. The van der Waals surface area contributed by atoms with E-state index >= 15 is 0 Å². The Balaban J connectivity index is 2.58. The fourth-order valence-corrected chi connectivity index (χ4v) is 2.16. The largest absolute Gasteiger partial charge is 0.494 e. The molecule has 2 rings (SSSR count). The van der Waals surface area contributed by atoms with Gasteiger partial charge in [-0.3, -0.25) is 0 Å². The second kappa shape index (κ2) is 3.95. The van der Waals surface area contributed by atoms with Crippen molar-refractivity contribution in [3.8, 4) is 5.75 Å². The number of aryl methyl sites for hydroxylation is 1. The maximum atomic E-state index is 5.88. The molecule has 1 aromatic carbocycles. The zero-order valence-corrected chi connectivity index (χ0v) is 8.92. The van der Waals surface area contributed by atoms with Crippen LogP contribution in [-0.2, 0) is 6.42 Å². The first-order chi connectivity index (χ1) is 7.27. The summed E-state index contributed by atoms with van der Waals surface area (Å²) in [5.74, 6) is 0.796. The topological polar surface area (TPSA) is 61.3 Å². The number of hydrogen-bond donors (Lipinski definition) is 2. The Morgan fingerprint density at radius 3 is 2.87 bits per heavy atom. The quantitative estimate of drug-likeness (QED) is 0.719. The van der Waals surface area contributed by atoms with E-state index in [1.165, 1.54) is 11.1 Å². The van der Waals surface area contributed by atoms with Crippen LogP contribution in [0.25, 0.3) is 5.57 Å². The Kier molecular flexibility index (Phi) is 2.64. The lowest BCUT2D eigenvalue weighted by molar-refractivity contribution is 0.415. The minimum absolute atomic E-state index is 0.562. The summed E-state index contributed by atoms with van der Waals surface area (Å²) in [5, 5.41) is 0. The number of ether oxygens (including phenoxy) is 1. The molecule has 0 unspecified atom stereocenters. The van der Waals surface area contributed by atoms with Crippen LogP contribution >= 0.6 is 0 Å². The molecule has 3 nitrogen and oxygen atoms in total. The van der Waals surface area contributed by atoms with Crippen molar-refractivity contribution >= 4 is 11.3 Å². The molecule has 0 amide bonds. The predicted molar refractivity (Wildman–Crippen MR) is 62.8 cm³/mol. The molecule has 0 saturated carbocycles. The standard InChI is InChI=1S/C12H16N2O/c1-15-12-10(14)5-4-8-2-3-9(6-7-13)11(8)12/h4-6H,2-3,7,13-14H2,1H3/b9-6+. The van der Waals surface area contributed by atoms with E-state index in [0.717, 1.165) is 24.2 Å². The number of nitrogen functional groups attached to an aromatic ring is 1. The second-order valence-electron chi connectivity index (χ2n) is 3.69. The van der Waals surface area contributed by atoms with Gasteiger partial charge in [0.1, 0.15) is 5.75 Å². The van der Waals surface area contributed by atoms with Crippen molar-refractivity contribution in [3.05, 3.63) is 29.3 Å². The van der Waals surface area contributed by atoms with Crippen LogP contribution in [0.4, 0.5) is 5.69 Å². The number of nitrogens with two attached hydrogens (primary N) is 2. The number of hydrogen-bond acceptors (Lipinski definition) is 3. The smallest absolute Gasteiger partial charge is 0.149 e. The zero-order chi connectivity index (χ0) is 10.8. The summed E-state index contributed by atoms with van der Waals surface area (Å²) >= 11 is 0. The summed E-state index contributed by atoms with van der Waals surface area (Å²) < 4.78 is 5.36. The number of rotatable bonds is 2. The number of allylic oxidation sites excluding steroid dienone is 1. The molecule has 0 bridgehead atoms. The lowest BCUT2D eigenvalue weighted by Gasteiger charge is -2.11. The highest BCUT2D eigenvalue weighted by Gasteiger charge is 2.21. The van der Waals surface area contributed by atoms with Crippen molar-refractivity contribution in [3.63, 3.8) is 0 Å². The SMILES string of the molecule is COc1c(N)ccc2c1/C(=C/CN)CC2. The van der Waals surface area contributed by atoms with Crippen LogP contribution in [0.1, 0.15) is 17.5 Å². The summed E-state index contributed by atoms with van der Waals surface area (Å²) in [7, 11) is 1.66. The Labute approximate surface area is 89.7 Å². The molecule has 1 aliphatic rings. The van der Waals surface area contributed by atoms with Crippen molar-refractivity contribution in [2.45, 2.75) is 12.8 Å². The van der Waals surface area contributed by atoms with Crippen molar-refractivity contribution in [2.75, 3.05) is 19.4 Å². The molecule has 0 aliphatic heterocycles. The lowest BCUT2D eigenvalue weighted by Crippen LogP contribution is -1.98. The van der Waals surface area contributed by atoms with E-state index in [9.17, 15) is 0 Å². The van der Waals surface area contributed by atoms with E-state index in [4.69, 9.17) is 16.2 Å². The number of fused-ring (bicyclic) bond motifs is 1. The first kappa shape index (κ1) is 10.1. The Morgan fingerprint density at radius 2 is 2.20 bits per heavy atom.